The number of methoxy groups -OCH3 is 1. The molecule has 0 bridgehead atoms. The normalized spacial score (nSPS) is 11.2. The summed E-state index contributed by atoms with van der Waals surface area (Å²) in [4.78, 5) is 18.9. The molecule has 0 aliphatic rings. The number of carbonyl (C=O) groups is 1. The number of rotatable bonds is 6. The maximum atomic E-state index is 14.3. The van der Waals surface area contributed by atoms with Crippen LogP contribution in [0, 0.1) is 5.82 Å². The summed E-state index contributed by atoms with van der Waals surface area (Å²) >= 11 is 0. The first kappa shape index (κ1) is 21.0. The fourth-order valence-electron chi connectivity index (χ4n) is 2.37. The zero-order valence-corrected chi connectivity index (χ0v) is 15.4. The number of ether oxygens (including phenoxy) is 2. The summed E-state index contributed by atoms with van der Waals surface area (Å²) in [6.45, 7) is -0.321. The number of hydrogen-bond donors (Lipinski definition) is 1. The van der Waals surface area contributed by atoms with E-state index in [4.69, 9.17) is 9.47 Å². The van der Waals surface area contributed by atoms with Crippen LogP contribution in [0.4, 0.5) is 22.4 Å². The van der Waals surface area contributed by atoms with E-state index in [0.717, 1.165) is 6.07 Å². The van der Waals surface area contributed by atoms with Gasteiger partial charge in [0.25, 0.3) is 0 Å². The van der Waals surface area contributed by atoms with Crippen LogP contribution in [0.25, 0.3) is 11.4 Å². The van der Waals surface area contributed by atoms with Gasteiger partial charge in [0, 0.05) is 35.6 Å². The average molecular weight is 426 g/mol. The van der Waals surface area contributed by atoms with E-state index in [2.05, 4.69) is 25.0 Å². The monoisotopic (exact) mass is 426 g/mol. The third-order valence-corrected chi connectivity index (χ3v) is 3.84. The van der Waals surface area contributed by atoms with Crippen molar-refractivity contribution in [1.29, 1.82) is 0 Å². The molecule has 2 heterocycles. The van der Waals surface area contributed by atoms with Crippen molar-refractivity contribution in [3.8, 4) is 17.1 Å². The molecule has 0 aliphatic carbocycles. The summed E-state index contributed by atoms with van der Waals surface area (Å²) in [5, 5.41) is 5.56. The first-order valence-corrected chi connectivity index (χ1v) is 8.35. The number of alkyl halides is 3. The summed E-state index contributed by atoms with van der Waals surface area (Å²) < 4.78 is 66.1. The molecule has 158 valence electrons. The Bertz CT molecular complexity index is 1040. The number of aromatic nitrogens is 3. The maximum absolute atomic E-state index is 14.3. The fraction of sp³-hybridized carbons (Fsp3) is 0.222. The molecule has 30 heavy (non-hydrogen) atoms. The smallest absolute Gasteiger partial charge is 0.471 e. The summed E-state index contributed by atoms with van der Waals surface area (Å²) in [7, 11) is 1.46. The lowest BCUT2D eigenvalue weighted by Crippen LogP contribution is -2.24. The Labute approximate surface area is 166 Å². The highest BCUT2D eigenvalue weighted by atomic mass is 19.4. The van der Waals surface area contributed by atoms with Gasteiger partial charge in [0.2, 0.25) is 5.82 Å². The second kappa shape index (κ2) is 8.76. The van der Waals surface area contributed by atoms with E-state index < -0.39 is 29.8 Å². The SMILES string of the molecule is COc1ccncc1COC(=O)NCc1ccc(-c2noc(C(F)(F)F)n2)cc1F. The number of pyridine rings is 1. The predicted octanol–water partition coefficient (Wildman–Crippen LogP) is 3.72. The lowest BCUT2D eigenvalue weighted by atomic mass is 10.1. The van der Waals surface area contributed by atoms with Crippen LogP contribution >= 0.6 is 0 Å². The summed E-state index contributed by atoms with van der Waals surface area (Å²) in [6, 6.07) is 5.12. The highest BCUT2D eigenvalue weighted by Crippen LogP contribution is 2.29. The Balaban J connectivity index is 1.58. The van der Waals surface area contributed by atoms with E-state index >= 15 is 0 Å². The largest absolute Gasteiger partial charge is 0.496 e. The Morgan fingerprint density at radius 3 is 2.70 bits per heavy atom. The molecular weight excluding hydrogens is 412 g/mol. The van der Waals surface area contributed by atoms with E-state index in [1.807, 2.05) is 0 Å². The molecule has 0 unspecified atom stereocenters. The first-order chi connectivity index (χ1) is 14.3. The molecule has 12 heteroatoms. The van der Waals surface area contributed by atoms with Gasteiger partial charge in [-0.05, 0) is 12.1 Å². The highest BCUT2D eigenvalue weighted by Gasteiger charge is 2.38. The minimum Gasteiger partial charge on any atom is -0.496 e. The molecule has 0 saturated carbocycles. The average Bonchev–Trinajstić information content (AvgIpc) is 3.22. The zero-order chi connectivity index (χ0) is 21.7. The molecule has 0 spiro atoms. The van der Waals surface area contributed by atoms with E-state index in [0.29, 0.717) is 11.3 Å². The third-order valence-electron chi connectivity index (χ3n) is 3.84. The number of amides is 1. The minimum absolute atomic E-state index is 0.0123. The standard InChI is InChI=1S/C18H14F4N4O4/c1-28-14-4-5-23-7-12(14)9-29-17(27)24-8-11-3-2-10(6-13(11)19)15-25-16(30-26-15)18(20,21)22/h2-7H,8-9H2,1H3,(H,24,27). The van der Waals surface area contributed by atoms with Crippen molar-refractivity contribution in [1.82, 2.24) is 20.4 Å². The summed E-state index contributed by atoms with van der Waals surface area (Å²) in [5.74, 6) is -2.23. The number of halogens is 4. The van der Waals surface area contributed by atoms with Crippen LogP contribution in [0.2, 0.25) is 0 Å². The molecule has 8 nitrogen and oxygen atoms in total. The molecule has 0 radical (unpaired) electrons. The number of nitrogens with one attached hydrogen (secondary N) is 1. The number of alkyl carbamates (subject to hydrolysis) is 1. The molecule has 3 rings (SSSR count). The van der Waals surface area contributed by atoms with E-state index in [-0.39, 0.29) is 24.3 Å². The van der Waals surface area contributed by atoms with Gasteiger partial charge < -0.3 is 19.3 Å². The molecule has 0 atom stereocenters. The summed E-state index contributed by atoms with van der Waals surface area (Å²) in [5.41, 5.74) is 0.611. The number of carbonyl (C=O) groups excluding carboxylic acids is 1. The van der Waals surface area contributed by atoms with Gasteiger partial charge in [0.05, 0.1) is 7.11 Å². The second-order valence-electron chi connectivity index (χ2n) is 5.84. The van der Waals surface area contributed by atoms with Gasteiger partial charge in [-0.2, -0.15) is 18.2 Å². The van der Waals surface area contributed by atoms with Crippen molar-refractivity contribution >= 4 is 6.09 Å². The minimum atomic E-state index is -4.80. The Hall–Kier alpha value is -3.70. The van der Waals surface area contributed by atoms with Gasteiger partial charge in [0.15, 0.2) is 0 Å². The molecule has 0 saturated heterocycles. The van der Waals surface area contributed by atoms with E-state index in [1.165, 1.54) is 31.6 Å². The molecule has 0 fully saturated rings. The molecule has 0 aliphatic heterocycles. The Morgan fingerprint density at radius 2 is 2.03 bits per heavy atom. The topological polar surface area (TPSA) is 99.4 Å². The van der Waals surface area contributed by atoms with Crippen molar-refractivity contribution in [2.45, 2.75) is 19.3 Å². The van der Waals surface area contributed by atoms with Crippen LogP contribution in [0.5, 0.6) is 5.75 Å². The molecule has 2 aromatic heterocycles. The lowest BCUT2D eigenvalue weighted by Gasteiger charge is -2.10. The third kappa shape index (κ3) is 5.01. The van der Waals surface area contributed by atoms with Crippen molar-refractivity contribution in [3.05, 3.63) is 59.5 Å². The molecule has 1 N–H and O–H groups in total. The van der Waals surface area contributed by atoms with E-state index in [1.54, 1.807) is 6.07 Å². The molecule has 3 aromatic rings. The Kier molecular flexibility index (Phi) is 6.14. The first-order valence-electron chi connectivity index (χ1n) is 8.35. The van der Waals surface area contributed by atoms with Gasteiger partial charge in [-0.25, -0.2) is 9.18 Å². The van der Waals surface area contributed by atoms with Crippen molar-refractivity contribution < 1.29 is 36.4 Å². The second-order valence-corrected chi connectivity index (χ2v) is 5.84. The van der Waals surface area contributed by atoms with Crippen LogP contribution in [-0.4, -0.2) is 28.3 Å². The van der Waals surface area contributed by atoms with Crippen molar-refractivity contribution in [3.63, 3.8) is 0 Å². The van der Waals surface area contributed by atoms with Crippen molar-refractivity contribution in [2.75, 3.05) is 7.11 Å². The fourth-order valence-corrected chi connectivity index (χ4v) is 2.37. The quantitative estimate of drug-likeness (QED) is 0.600. The summed E-state index contributed by atoms with van der Waals surface area (Å²) in [6.07, 6.45) is -2.61. The predicted molar refractivity (Wildman–Crippen MR) is 92.5 cm³/mol. The van der Waals surface area contributed by atoms with Gasteiger partial charge in [-0.1, -0.05) is 17.3 Å². The van der Waals surface area contributed by atoms with Gasteiger partial charge in [-0.3, -0.25) is 4.98 Å². The van der Waals surface area contributed by atoms with Crippen LogP contribution < -0.4 is 10.1 Å². The lowest BCUT2D eigenvalue weighted by molar-refractivity contribution is -0.159. The van der Waals surface area contributed by atoms with E-state index in [9.17, 15) is 22.4 Å². The number of benzene rings is 1. The van der Waals surface area contributed by atoms with Crippen LogP contribution in [0.15, 0.2) is 41.2 Å². The van der Waals surface area contributed by atoms with Crippen LogP contribution in [0.1, 0.15) is 17.0 Å². The van der Waals surface area contributed by atoms with Crippen LogP contribution in [-0.2, 0) is 24.1 Å². The van der Waals surface area contributed by atoms with Gasteiger partial charge in [0.1, 0.15) is 18.2 Å². The van der Waals surface area contributed by atoms with Crippen molar-refractivity contribution in [2.24, 2.45) is 0 Å². The van der Waals surface area contributed by atoms with Gasteiger partial charge in [-0.15, -0.1) is 0 Å². The molecule has 1 aromatic carbocycles. The maximum Gasteiger partial charge on any atom is 0.471 e. The van der Waals surface area contributed by atoms with Crippen LogP contribution in [0.3, 0.4) is 0 Å². The number of nitrogens with zero attached hydrogens (tertiary/aromatic N) is 3. The van der Waals surface area contributed by atoms with Gasteiger partial charge >= 0.3 is 18.2 Å². The Morgan fingerprint density at radius 1 is 1.23 bits per heavy atom. The highest BCUT2D eigenvalue weighted by molar-refractivity contribution is 5.67. The number of hydrogen-bond acceptors (Lipinski definition) is 7. The molecular formula is C18H14F4N4O4. The zero-order valence-electron chi connectivity index (χ0n) is 15.4. The molecule has 1 amide bonds.